The third-order valence-corrected chi connectivity index (χ3v) is 7.66. The van der Waals surface area contributed by atoms with Crippen LogP contribution in [0.5, 0.6) is 0 Å². The van der Waals surface area contributed by atoms with E-state index in [1.54, 1.807) is 42.5 Å². The standard InChI is InChI=1S/C35H28FN3O3S/c1-23(33(40)38-31-13-7-11-25-8-5-6-12-30(25)31)43-29-20-18-28(19-21-29)37-35(42)32(22-24-14-16-27(36)17-15-24)39-34(41)26-9-3-2-4-10-26/h2-23H,1H3,(H,37,42)(H,38,40)(H,39,41)/b32-22-. The summed E-state index contributed by atoms with van der Waals surface area (Å²) < 4.78 is 13.4. The predicted molar refractivity (Wildman–Crippen MR) is 171 cm³/mol. The summed E-state index contributed by atoms with van der Waals surface area (Å²) >= 11 is 1.40. The van der Waals surface area contributed by atoms with Crippen LogP contribution in [0.15, 0.2) is 132 Å². The highest BCUT2D eigenvalue weighted by molar-refractivity contribution is 8.00. The van der Waals surface area contributed by atoms with Crippen LogP contribution >= 0.6 is 11.8 Å². The van der Waals surface area contributed by atoms with Crippen LogP contribution in [0, 0.1) is 5.82 Å². The number of carbonyl (C=O) groups is 3. The first kappa shape index (κ1) is 29.3. The maximum absolute atomic E-state index is 13.4. The summed E-state index contributed by atoms with van der Waals surface area (Å²) in [5.41, 5.74) is 2.19. The molecule has 5 rings (SSSR count). The van der Waals surface area contributed by atoms with Crippen molar-refractivity contribution in [3.05, 3.63) is 144 Å². The summed E-state index contributed by atoms with van der Waals surface area (Å²) in [6, 6.07) is 34.9. The van der Waals surface area contributed by atoms with Crippen molar-refractivity contribution < 1.29 is 18.8 Å². The predicted octanol–water partition coefficient (Wildman–Crippen LogP) is 7.51. The molecule has 8 heteroatoms. The zero-order chi connectivity index (χ0) is 30.2. The molecule has 0 aromatic heterocycles. The molecule has 0 heterocycles. The number of halogens is 1. The Morgan fingerprint density at radius 1 is 0.744 bits per heavy atom. The van der Waals surface area contributed by atoms with Crippen molar-refractivity contribution in [2.45, 2.75) is 17.1 Å². The molecule has 0 aliphatic carbocycles. The average Bonchev–Trinajstić information content (AvgIpc) is 3.03. The molecule has 1 atom stereocenters. The van der Waals surface area contributed by atoms with Crippen molar-refractivity contribution in [1.29, 1.82) is 0 Å². The number of rotatable bonds is 9. The molecule has 1 unspecified atom stereocenters. The van der Waals surface area contributed by atoms with Crippen molar-refractivity contribution >= 4 is 57.7 Å². The molecule has 3 amide bonds. The Morgan fingerprint density at radius 2 is 1.42 bits per heavy atom. The highest BCUT2D eigenvalue weighted by Crippen LogP contribution is 2.28. The van der Waals surface area contributed by atoms with E-state index in [1.807, 2.05) is 61.5 Å². The van der Waals surface area contributed by atoms with Gasteiger partial charge >= 0.3 is 0 Å². The first-order valence-electron chi connectivity index (χ1n) is 13.6. The lowest BCUT2D eigenvalue weighted by molar-refractivity contribution is -0.115. The Morgan fingerprint density at radius 3 is 2.16 bits per heavy atom. The van der Waals surface area contributed by atoms with Crippen LogP contribution in [-0.2, 0) is 9.59 Å². The molecule has 0 aliphatic rings. The van der Waals surface area contributed by atoms with Crippen molar-refractivity contribution in [2.75, 3.05) is 10.6 Å². The molecule has 5 aromatic rings. The van der Waals surface area contributed by atoms with Crippen molar-refractivity contribution in [1.82, 2.24) is 5.32 Å². The van der Waals surface area contributed by atoms with Gasteiger partial charge in [-0.1, -0.05) is 66.7 Å². The highest BCUT2D eigenvalue weighted by atomic mass is 32.2. The second-order valence-corrected chi connectivity index (χ2v) is 11.1. The molecule has 214 valence electrons. The largest absolute Gasteiger partial charge is 0.325 e. The van der Waals surface area contributed by atoms with E-state index in [2.05, 4.69) is 16.0 Å². The van der Waals surface area contributed by atoms with Gasteiger partial charge in [0.15, 0.2) is 0 Å². The minimum absolute atomic E-state index is 0.00218. The number of hydrogen-bond donors (Lipinski definition) is 3. The Bertz CT molecular complexity index is 1780. The summed E-state index contributed by atoms with van der Waals surface area (Å²) in [4.78, 5) is 39.9. The van der Waals surface area contributed by atoms with Crippen LogP contribution in [0.2, 0.25) is 0 Å². The molecule has 0 fully saturated rings. The summed E-state index contributed by atoms with van der Waals surface area (Å²) in [6.45, 7) is 1.84. The molecule has 0 saturated carbocycles. The second kappa shape index (κ2) is 13.6. The lowest BCUT2D eigenvalue weighted by atomic mass is 10.1. The van der Waals surface area contributed by atoms with Gasteiger partial charge in [-0.2, -0.15) is 0 Å². The number of benzene rings is 5. The summed E-state index contributed by atoms with van der Waals surface area (Å²) in [6.07, 6.45) is 1.48. The minimum atomic E-state index is -0.545. The Labute approximate surface area is 253 Å². The fourth-order valence-corrected chi connectivity index (χ4v) is 5.18. The molecule has 5 aromatic carbocycles. The number of hydrogen-bond acceptors (Lipinski definition) is 4. The number of amides is 3. The maximum atomic E-state index is 13.4. The van der Waals surface area contributed by atoms with Crippen LogP contribution in [0.1, 0.15) is 22.8 Å². The van der Waals surface area contributed by atoms with Gasteiger partial charge in [0.1, 0.15) is 11.5 Å². The molecular formula is C35H28FN3O3S. The number of carbonyl (C=O) groups excluding carboxylic acids is 3. The quantitative estimate of drug-likeness (QED) is 0.123. The van der Waals surface area contributed by atoms with Crippen LogP contribution in [0.25, 0.3) is 16.8 Å². The fraction of sp³-hybridized carbons (Fsp3) is 0.0571. The van der Waals surface area contributed by atoms with Gasteiger partial charge in [0, 0.05) is 27.2 Å². The topological polar surface area (TPSA) is 87.3 Å². The van der Waals surface area contributed by atoms with Gasteiger partial charge in [-0.15, -0.1) is 11.8 Å². The SMILES string of the molecule is CC(Sc1ccc(NC(=O)/C(=C/c2ccc(F)cc2)NC(=O)c2ccccc2)cc1)C(=O)Nc1cccc2ccccc12. The molecule has 0 bridgehead atoms. The van der Waals surface area contributed by atoms with Gasteiger partial charge < -0.3 is 16.0 Å². The minimum Gasteiger partial charge on any atom is -0.325 e. The zero-order valence-corrected chi connectivity index (χ0v) is 24.0. The van der Waals surface area contributed by atoms with E-state index in [9.17, 15) is 18.8 Å². The summed E-state index contributed by atoms with van der Waals surface area (Å²) in [5, 5.41) is 10.1. The van der Waals surface area contributed by atoms with E-state index in [1.165, 1.54) is 42.1 Å². The number of nitrogens with one attached hydrogen (secondary N) is 3. The molecule has 6 nitrogen and oxygen atoms in total. The Balaban J connectivity index is 1.25. The lowest BCUT2D eigenvalue weighted by Crippen LogP contribution is -2.30. The Kier molecular flexibility index (Phi) is 9.29. The van der Waals surface area contributed by atoms with Crippen molar-refractivity contribution in [3.8, 4) is 0 Å². The second-order valence-electron chi connectivity index (χ2n) is 9.68. The molecule has 0 radical (unpaired) electrons. The lowest BCUT2D eigenvalue weighted by Gasteiger charge is -2.14. The third-order valence-electron chi connectivity index (χ3n) is 6.55. The number of fused-ring (bicyclic) bond motifs is 1. The molecule has 0 spiro atoms. The van der Waals surface area contributed by atoms with Crippen molar-refractivity contribution in [2.24, 2.45) is 0 Å². The van der Waals surface area contributed by atoms with Gasteiger partial charge in [-0.3, -0.25) is 14.4 Å². The van der Waals surface area contributed by atoms with E-state index < -0.39 is 17.6 Å². The van der Waals surface area contributed by atoms with E-state index >= 15 is 0 Å². The van der Waals surface area contributed by atoms with Gasteiger partial charge in [0.25, 0.3) is 11.8 Å². The molecule has 0 aliphatic heterocycles. The average molecular weight is 590 g/mol. The smallest absolute Gasteiger partial charge is 0.272 e. The van der Waals surface area contributed by atoms with Gasteiger partial charge in [0.2, 0.25) is 5.91 Å². The molecule has 0 saturated heterocycles. The molecule has 43 heavy (non-hydrogen) atoms. The van der Waals surface area contributed by atoms with Gasteiger partial charge in [-0.25, -0.2) is 4.39 Å². The van der Waals surface area contributed by atoms with Gasteiger partial charge in [-0.05, 0) is 78.5 Å². The fourth-order valence-electron chi connectivity index (χ4n) is 4.31. The zero-order valence-electron chi connectivity index (χ0n) is 23.2. The van der Waals surface area contributed by atoms with Crippen LogP contribution < -0.4 is 16.0 Å². The summed E-state index contributed by atoms with van der Waals surface area (Å²) in [5.74, 6) is -1.53. The van der Waals surface area contributed by atoms with E-state index in [-0.39, 0.29) is 16.9 Å². The van der Waals surface area contributed by atoms with Crippen molar-refractivity contribution in [3.63, 3.8) is 0 Å². The number of anilines is 2. The highest BCUT2D eigenvalue weighted by Gasteiger charge is 2.17. The van der Waals surface area contributed by atoms with Crippen LogP contribution in [0.3, 0.4) is 0 Å². The van der Waals surface area contributed by atoms with E-state index in [4.69, 9.17) is 0 Å². The normalized spacial score (nSPS) is 11.9. The first-order valence-corrected chi connectivity index (χ1v) is 14.4. The summed E-state index contributed by atoms with van der Waals surface area (Å²) in [7, 11) is 0. The first-order chi connectivity index (χ1) is 20.9. The number of thioether (sulfide) groups is 1. The third kappa shape index (κ3) is 7.75. The van der Waals surface area contributed by atoms with E-state index in [0.29, 0.717) is 16.8 Å². The maximum Gasteiger partial charge on any atom is 0.272 e. The van der Waals surface area contributed by atoms with Gasteiger partial charge in [0.05, 0.1) is 5.25 Å². The Hall–Kier alpha value is -5.21. The molecule has 3 N–H and O–H groups in total. The van der Waals surface area contributed by atoms with Crippen LogP contribution in [0.4, 0.5) is 15.8 Å². The molecular weight excluding hydrogens is 561 g/mol. The van der Waals surface area contributed by atoms with E-state index in [0.717, 1.165) is 21.4 Å². The van der Waals surface area contributed by atoms with Crippen LogP contribution in [-0.4, -0.2) is 23.0 Å². The monoisotopic (exact) mass is 589 g/mol.